The number of rotatable bonds is 10. The lowest BCUT2D eigenvalue weighted by molar-refractivity contribution is -0.120. The average molecular weight is 447 g/mol. The molecule has 0 spiro atoms. The standard InChI is InChI=1S/C25H25N3O5/c1-31-22-13-10-20(14-23(22)32-2)25(30)26-16-24(29)28-27-15-18-8-11-21(12-9-18)33-17-19-6-4-3-5-7-19/h3-15H,16-17H2,1-2H3,(H,26,30)(H,28,29). The number of benzene rings is 3. The number of nitrogens with one attached hydrogen (secondary N) is 2. The molecule has 170 valence electrons. The lowest BCUT2D eigenvalue weighted by Gasteiger charge is -2.09. The van der Waals surface area contributed by atoms with E-state index in [9.17, 15) is 9.59 Å². The molecule has 0 aliphatic heterocycles. The molecule has 0 saturated carbocycles. The zero-order chi connectivity index (χ0) is 23.5. The van der Waals surface area contributed by atoms with Gasteiger partial charge in [-0.15, -0.1) is 0 Å². The number of hydrazone groups is 1. The fourth-order valence-corrected chi connectivity index (χ4v) is 2.85. The topological polar surface area (TPSA) is 98.2 Å². The van der Waals surface area contributed by atoms with E-state index in [1.54, 1.807) is 12.1 Å². The van der Waals surface area contributed by atoms with E-state index in [4.69, 9.17) is 14.2 Å². The highest BCUT2D eigenvalue weighted by Crippen LogP contribution is 2.27. The number of amides is 2. The molecule has 0 saturated heterocycles. The molecule has 0 bridgehead atoms. The maximum absolute atomic E-state index is 12.3. The SMILES string of the molecule is COc1ccc(C(=O)NCC(=O)NN=Cc2ccc(OCc3ccccc3)cc2)cc1OC. The average Bonchev–Trinajstić information content (AvgIpc) is 2.87. The van der Waals surface area contributed by atoms with Gasteiger partial charge in [0.1, 0.15) is 12.4 Å². The Morgan fingerprint density at radius 1 is 0.909 bits per heavy atom. The third-order valence-electron chi connectivity index (χ3n) is 4.59. The molecule has 3 aromatic rings. The number of hydrogen-bond acceptors (Lipinski definition) is 6. The summed E-state index contributed by atoms with van der Waals surface area (Å²) in [4.78, 5) is 24.2. The van der Waals surface area contributed by atoms with Crippen molar-refractivity contribution in [2.75, 3.05) is 20.8 Å². The Kier molecular flexibility index (Phi) is 8.41. The molecule has 33 heavy (non-hydrogen) atoms. The first-order valence-corrected chi connectivity index (χ1v) is 10.2. The summed E-state index contributed by atoms with van der Waals surface area (Å²) in [6.07, 6.45) is 1.51. The van der Waals surface area contributed by atoms with Gasteiger partial charge < -0.3 is 19.5 Å². The van der Waals surface area contributed by atoms with Gasteiger partial charge in [-0.1, -0.05) is 30.3 Å². The van der Waals surface area contributed by atoms with Crippen LogP contribution in [0, 0.1) is 0 Å². The van der Waals surface area contributed by atoms with Crippen LogP contribution in [-0.2, 0) is 11.4 Å². The number of ether oxygens (including phenoxy) is 3. The van der Waals surface area contributed by atoms with Gasteiger partial charge in [0.25, 0.3) is 11.8 Å². The lowest BCUT2D eigenvalue weighted by Crippen LogP contribution is -2.34. The molecule has 0 aliphatic carbocycles. The number of methoxy groups -OCH3 is 2. The zero-order valence-electron chi connectivity index (χ0n) is 18.4. The summed E-state index contributed by atoms with van der Waals surface area (Å²) in [6.45, 7) is 0.260. The van der Waals surface area contributed by atoms with Crippen molar-refractivity contribution in [2.45, 2.75) is 6.61 Å². The van der Waals surface area contributed by atoms with Gasteiger partial charge in [-0.2, -0.15) is 5.10 Å². The van der Waals surface area contributed by atoms with E-state index < -0.39 is 11.8 Å². The Labute approximate surface area is 192 Å². The van der Waals surface area contributed by atoms with Crippen LogP contribution in [0.1, 0.15) is 21.5 Å². The van der Waals surface area contributed by atoms with Crippen molar-refractivity contribution < 1.29 is 23.8 Å². The van der Waals surface area contributed by atoms with Crippen LogP contribution in [0.5, 0.6) is 17.2 Å². The van der Waals surface area contributed by atoms with Gasteiger partial charge in [0, 0.05) is 5.56 Å². The van der Waals surface area contributed by atoms with Gasteiger partial charge in [-0.3, -0.25) is 9.59 Å². The number of nitrogens with zero attached hydrogens (tertiary/aromatic N) is 1. The highest BCUT2D eigenvalue weighted by molar-refractivity contribution is 5.97. The fraction of sp³-hybridized carbons (Fsp3) is 0.160. The Morgan fingerprint density at radius 3 is 2.33 bits per heavy atom. The summed E-state index contributed by atoms with van der Waals surface area (Å²) >= 11 is 0. The first-order valence-electron chi connectivity index (χ1n) is 10.2. The molecule has 3 aromatic carbocycles. The summed E-state index contributed by atoms with van der Waals surface area (Å²) in [6, 6.07) is 22.0. The van der Waals surface area contributed by atoms with Crippen molar-refractivity contribution in [3.63, 3.8) is 0 Å². The van der Waals surface area contributed by atoms with E-state index >= 15 is 0 Å². The van der Waals surface area contributed by atoms with Crippen molar-refractivity contribution in [2.24, 2.45) is 5.10 Å². The molecule has 0 heterocycles. The molecule has 2 amide bonds. The molecule has 0 radical (unpaired) electrons. The zero-order valence-corrected chi connectivity index (χ0v) is 18.4. The van der Waals surface area contributed by atoms with Crippen LogP contribution >= 0.6 is 0 Å². The minimum Gasteiger partial charge on any atom is -0.493 e. The fourth-order valence-electron chi connectivity index (χ4n) is 2.85. The van der Waals surface area contributed by atoms with Crippen LogP contribution in [0.15, 0.2) is 77.9 Å². The summed E-state index contributed by atoms with van der Waals surface area (Å²) in [5, 5.41) is 6.45. The third kappa shape index (κ3) is 7.10. The number of carbonyl (C=O) groups is 2. The van der Waals surface area contributed by atoms with E-state index in [1.807, 2.05) is 54.6 Å². The lowest BCUT2D eigenvalue weighted by atomic mass is 10.2. The Hall–Kier alpha value is -4.33. The van der Waals surface area contributed by atoms with Crippen molar-refractivity contribution in [1.82, 2.24) is 10.7 Å². The van der Waals surface area contributed by atoms with Crippen LogP contribution in [0.25, 0.3) is 0 Å². The molecule has 8 nitrogen and oxygen atoms in total. The van der Waals surface area contributed by atoms with Crippen LogP contribution < -0.4 is 25.0 Å². The maximum atomic E-state index is 12.3. The van der Waals surface area contributed by atoms with E-state index in [0.29, 0.717) is 23.7 Å². The molecule has 0 aliphatic rings. The first-order chi connectivity index (χ1) is 16.1. The van der Waals surface area contributed by atoms with Gasteiger partial charge in [0.2, 0.25) is 0 Å². The predicted molar refractivity (Wildman–Crippen MR) is 125 cm³/mol. The Bertz CT molecular complexity index is 1100. The van der Waals surface area contributed by atoms with Crippen molar-refractivity contribution >= 4 is 18.0 Å². The molecule has 0 aromatic heterocycles. The van der Waals surface area contributed by atoms with E-state index in [1.165, 1.54) is 26.5 Å². The summed E-state index contributed by atoms with van der Waals surface area (Å²) < 4.78 is 16.1. The second kappa shape index (κ2) is 11.9. The Balaban J connectivity index is 1.42. The van der Waals surface area contributed by atoms with E-state index in [2.05, 4.69) is 15.8 Å². The van der Waals surface area contributed by atoms with Gasteiger partial charge in [-0.05, 0) is 53.6 Å². The molecule has 2 N–H and O–H groups in total. The Morgan fingerprint density at radius 2 is 1.64 bits per heavy atom. The molecule has 8 heteroatoms. The monoisotopic (exact) mass is 447 g/mol. The second-order valence-electron chi connectivity index (χ2n) is 6.89. The second-order valence-corrected chi connectivity index (χ2v) is 6.89. The van der Waals surface area contributed by atoms with Crippen molar-refractivity contribution in [1.29, 1.82) is 0 Å². The van der Waals surface area contributed by atoms with Gasteiger partial charge in [0.05, 0.1) is 27.0 Å². The van der Waals surface area contributed by atoms with Crippen molar-refractivity contribution in [3.05, 3.63) is 89.5 Å². The maximum Gasteiger partial charge on any atom is 0.259 e. The quantitative estimate of drug-likeness (QED) is 0.368. The molecular formula is C25H25N3O5. The van der Waals surface area contributed by atoms with Crippen LogP contribution in [-0.4, -0.2) is 38.8 Å². The van der Waals surface area contributed by atoms with Crippen molar-refractivity contribution in [3.8, 4) is 17.2 Å². The minimum atomic E-state index is -0.456. The number of carbonyl (C=O) groups excluding carboxylic acids is 2. The first kappa shape index (κ1) is 23.3. The largest absolute Gasteiger partial charge is 0.493 e. The highest BCUT2D eigenvalue weighted by Gasteiger charge is 2.11. The van der Waals surface area contributed by atoms with E-state index in [-0.39, 0.29) is 6.54 Å². The highest BCUT2D eigenvalue weighted by atomic mass is 16.5. The third-order valence-corrected chi connectivity index (χ3v) is 4.59. The van der Waals surface area contributed by atoms with Crippen LogP contribution in [0.3, 0.4) is 0 Å². The van der Waals surface area contributed by atoms with Crippen LogP contribution in [0.4, 0.5) is 0 Å². The molecule has 0 atom stereocenters. The van der Waals surface area contributed by atoms with Gasteiger partial charge in [0.15, 0.2) is 11.5 Å². The number of hydrogen-bond donors (Lipinski definition) is 2. The van der Waals surface area contributed by atoms with Gasteiger partial charge >= 0.3 is 0 Å². The minimum absolute atomic E-state index is 0.225. The van der Waals surface area contributed by atoms with Crippen LogP contribution in [0.2, 0.25) is 0 Å². The summed E-state index contributed by atoms with van der Waals surface area (Å²) in [7, 11) is 2.99. The van der Waals surface area contributed by atoms with Gasteiger partial charge in [-0.25, -0.2) is 5.43 Å². The van der Waals surface area contributed by atoms with E-state index in [0.717, 1.165) is 16.9 Å². The normalized spacial score (nSPS) is 10.5. The predicted octanol–water partition coefficient (Wildman–Crippen LogP) is 3.16. The molecular weight excluding hydrogens is 422 g/mol. The summed E-state index contributed by atoms with van der Waals surface area (Å²) in [5.74, 6) is 0.801. The summed E-state index contributed by atoms with van der Waals surface area (Å²) in [5.41, 5.74) is 4.60. The molecule has 3 rings (SSSR count). The smallest absolute Gasteiger partial charge is 0.259 e. The molecule has 0 fully saturated rings. The molecule has 0 unspecified atom stereocenters.